The lowest BCUT2D eigenvalue weighted by Crippen LogP contribution is -2.23. The van der Waals surface area contributed by atoms with Crippen LogP contribution in [0.1, 0.15) is 40.5 Å². The summed E-state index contributed by atoms with van der Waals surface area (Å²) in [5, 5.41) is 0. The molecule has 0 aromatic carbocycles. The Bertz CT molecular complexity index is 209. The summed E-state index contributed by atoms with van der Waals surface area (Å²) in [7, 11) is 0. The van der Waals surface area contributed by atoms with Gasteiger partial charge in [0.1, 0.15) is 0 Å². The van der Waals surface area contributed by atoms with Crippen LogP contribution in [0.3, 0.4) is 0 Å². The van der Waals surface area contributed by atoms with Crippen molar-refractivity contribution in [3.63, 3.8) is 0 Å². The topological polar surface area (TPSA) is 3.24 Å². The van der Waals surface area contributed by atoms with Gasteiger partial charge in [-0.1, -0.05) is 52.8 Å². The molecule has 0 aliphatic heterocycles. The van der Waals surface area contributed by atoms with Gasteiger partial charge in [-0.05, 0) is 25.4 Å². The molecule has 0 aliphatic rings. The van der Waals surface area contributed by atoms with Gasteiger partial charge >= 0.3 is 0 Å². The van der Waals surface area contributed by atoms with Gasteiger partial charge in [-0.25, -0.2) is 0 Å². The van der Waals surface area contributed by atoms with Crippen molar-refractivity contribution in [3.8, 4) is 0 Å². The largest absolute Gasteiger partial charge is 0.294 e. The summed E-state index contributed by atoms with van der Waals surface area (Å²) in [4.78, 5) is 3.64. The standard InChI is InChI=1S/C14H27NS/c1-6-8-11-15(7-2)12-16-14(5)10-9-13(3)4/h9-10,13H,5-8,11-12H2,1-4H3/b10-9+. The van der Waals surface area contributed by atoms with Crippen molar-refractivity contribution in [2.45, 2.75) is 40.5 Å². The molecule has 0 bridgehead atoms. The first kappa shape index (κ1) is 15.8. The van der Waals surface area contributed by atoms with Gasteiger partial charge in [0.05, 0.1) is 0 Å². The molecule has 0 N–H and O–H groups in total. The normalized spacial score (nSPS) is 11.9. The number of thioether (sulfide) groups is 1. The Labute approximate surface area is 106 Å². The lowest BCUT2D eigenvalue weighted by Gasteiger charge is -2.19. The molecule has 0 amide bonds. The van der Waals surface area contributed by atoms with E-state index in [4.69, 9.17) is 0 Å². The molecule has 0 rings (SSSR count). The van der Waals surface area contributed by atoms with Crippen LogP contribution in [0.25, 0.3) is 0 Å². The fourth-order valence-electron chi connectivity index (χ4n) is 1.22. The van der Waals surface area contributed by atoms with Crippen LogP contribution in [-0.2, 0) is 0 Å². The highest BCUT2D eigenvalue weighted by Gasteiger charge is 2.01. The highest BCUT2D eigenvalue weighted by Crippen LogP contribution is 2.17. The third kappa shape index (κ3) is 9.05. The van der Waals surface area contributed by atoms with Gasteiger partial charge in [0.15, 0.2) is 0 Å². The van der Waals surface area contributed by atoms with Crippen molar-refractivity contribution in [1.29, 1.82) is 0 Å². The van der Waals surface area contributed by atoms with Crippen molar-refractivity contribution >= 4 is 11.8 Å². The van der Waals surface area contributed by atoms with E-state index in [0.29, 0.717) is 5.92 Å². The fraction of sp³-hybridized carbons (Fsp3) is 0.714. The SMILES string of the molecule is C=C(/C=C/C(C)C)SCN(CC)CCCC. The predicted molar refractivity (Wildman–Crippen MR) is 77.7 cm³/mol. The first-order valence-electron chi connectivity index (χ1n) is 6.32. The van der Waals surface area contributed by atoms with Gasteiger partial charge in [0, 0.05) is 10.8 Å². The number of hydrogen-bond acceptors (Lipinski definition) is 2. The molecule has 0 aromatic heterocycles. The lowest BCUT2D eigenvalue weighted by atomic mass is 10.2. The van der Waals surface area contributed by atoms with Crippen molar-refractivity contribution in [2.24, 2.45) is 5.92 Å². The number of unbranched alkanes of at least 4 members (excludes halogenated alkanes) is 1. The lowest BCUT2D eigenvalue weighted by molar-refractivity contribution is 0.332. The van der Waals surface area contributed by atoms with Gasteiger partial charge in [0.25, 0.3) is 0 Å². The number of allylic oxidation sites excluding steroid dienone is 2. The van der Waals surface area contributed by atoms with E-state index in [1.807, 2.05) is 11.8 Å². The summed E-state index contributed by atoms with van der Waals surface area (Å²) in [6.45, 7) is 15.2. The quantitative estimate of drug-likeness (QED) is 0.431. The fourth-order valence-corrected chi connectivity index (χ4v) is 2.05. The van der Waals surface area contributed by atoms with E-state index in [-0.39, 0.29) is 0 Å². The number of hydrogen-bond donors (Lipinski definition) is 0. The highest BCUT2D eigenvalue weighted by atomic mass is 32.2. The van der Waals surface area contributed by atoms with Crippen molar-refractivity contribution < 1.29 is 0 Å². The maximum Gasteiger partial charge on any atom is 0.0491 e. The van der Waals surface area contributed by atoms with Crippen molar-refractivity contribution in [1.82, 2.24) is 4.90 Å². The summed E-state index contributed by atoms with van der Waals surface area (Å²) >= 11 is 1.85. The molecule has 0 aliphatic carbocycles. The summed E-state index contributed by atoms with van der Waals surface area (Å²) in [5.74, 6) is 1.68. The van der Waals surface area contributed by atoms with Gasteiger partial charge < -0.3 is 0 Å². The average Bonchev–Trinajstić information content (AvgIpc) is 2.26. The molecule has 16 heavy (non-hydrogen) atoms. The number of rotatable bonds is 9. The first-order valence-corrected chi connectivity index (χ1v) is 7.30. The molecule has 94 valence electrons. The maximum atomic E-state index is 4.06. The van der Waals surface area contributed by atoms with Gasteiger partial charge in [-0.2, -0.15) is 0 Å². The molecule has 0 fully saturated rings. The zero-order chi connectivity index (χ0) is 12.4. The minimum Gasteiger partial charge on any atom is -0.294 e. The van der Waals surface area contributed by atoms with E-state index in [2.05, 4.69) is 51.3 Å². The zero-order valence-electron chi connectivity index (χ0n) is 11.3. The Kier molecular flexibility index (Phi) is 9.85. The molecular weight excluding hydrogens is 214 g/mol. The maximum absolute atomic E-state index is 4.06. The summed E-state index contributed by atoms with van der Waals surface area (Å²) < 4.78 is 0. The Morgan fingerprint density at radius 3 is 2.56 bits per heavy atom. The minimum absolute atomic E-state index is 0.611. The van der Waals surface area contributed by atoms with Crippen LogP contribution in [0.4, 0.5) is 0 Å². The van der Waals surface area contributed by atoms with Crippen molar-refractivity contribution in [2.75, 3.05) is 19.0 Å². The molecule has 0 heterocycles. The van der Waals surface area contributed by atoms with E-state index < -0.39 is 0 Å². The third-order valence-corrected chi connectivity index (χ3v) is 3.38. The molecule has 0 radical (unpaired) electrons. The summed E-state index contributed by atoms with van der Waals surface area (Å²) in [6.07, 6.45) is 6.92. The first-order chi connectivity index (χ1) is 7.60. The highest BCUT2D eigenvalue weighted by molar-refractivity contribution is 8.03. The van der Waals surface area contributed by atoms with Crippen LogP contribution in [0.5, 0.6) is 0 Å². The Hall–Kier alpha value is -0.210. The van der Waals surface area contributed by atoms with Crippen LogP contribution >= 0.6 is 11.8 Å². The average molecular weight is 241 g/mol. The molecule has 0 spiro atoms. The van der Waals surface area contributed by atoms with Gasteiger partial charge in [-0.3, -0.25) is 4.90 Å². The number of nitrogens with zero attached hydrogens (tertiary/aromatic N) is 1. The van der Waals surface area contributed by atoms with E-state index >= 15 is 0 Å². The molecule has 2 heteroatoms. The van der Waals surface area contributed by atoms with Crippen LogP contribution in [0.2, 0.25) is 0 Å². The second kappa shape index (κ2) is 9.98. The van der Waals surface area contributed by atoms with Crippen LogP contribution in [0, 0.1) is 5.92 Å². The third-order valence-electron chi connectivity index (χ3n) is 2.37. The minimum atomic E-state index is 0.611. The Morgan fingerprint density at radius 1 is 1.38 bits per heavy atom. The van der Waals surface area contributed by atoms with E-state index in [1.54, 1.807) is 0 Å². The van der Waals surface area contributed by atoms with Gasteiger partial charge in [-0.15, -0.1) is 11.8 Å². The van der Waals surface area contributed by atoms with E-state index in [0.717, 1.165) is 12.4 Å². The van der Waals surface area contributed by atoms with Crippen LogP contribution in [0.15, 0.2) is 23.6 Å². The molecule has 0 aromatic rings. The summed E-state index contributed by atoms with van der Waals surface area (Å²) in [5.41, 5.74) is 0. The molecule has 0 unspecified atom stereocenters. The van der Waals surface area contributed by atoms with Crippen LogP contribution in [-0.4, -0.2) is 23.9 Å². The monoisotopic (exact) mass is 241 g/mol. The molecular formula is C14H27NS. The van der Waals surface area contributed by atoms with Gasteiger partial charge in [0.2, 0.25) is 0 Å². The Morgan fingerprint density at radius 2 is 2.06 bits per heavy atom. The zero-order valence-corrected chi connectivity index (χ0v) is 12.1. The predicted octanol–water partition coefficient (Wildman–Crippen LogP) is 4.53. The molecule has 0 atom stereocenters. The summed E-state index contributed by atoms with van der Waals surface area (Å²) in [6, 6.07) is 0. The Balaban J connectivity index is 3.79. The smallest absolute Gasteiger partial charge is 0.0491 e. The van der Waals surface area contributed by atoms with E-state index in [9.17, 15) is 0 Å². The molecule has 0 saturated carbocycles. The van der Waals surface area contributed by atoms with Crippen molar-refractivity contribution in [3.05, 3.63) is 23.6 Å². The molecule has 1 nitrogen and oxygen atoms in total. The van der Waals surface area contributed by atoms with Crippen LogP contribution < -0.4 is 0 Å². The second-order valence-electron chi connectivity index (χ2n) is 4.41. The van der Waals surface area contributed by atoms with E-state index in [1.165, 1.54) is 24.3 Å². The second-order valence-corrected chi connectivity index (χ2v) is 5.48. The molecule has 0 saturated heterocycles.